The first-order chi connectivity index (χ1) is 7.54. The first kappa shape index (κ1) is 11.1. The minimum atomic E-state index is -0.535. The summed E-state index contributed by atoms with van der Waals surface area (Å²) in [7, 11) is 1.59. The van der Waals surface area contributed by atoms with E-state index in [1.807, 2.05) is 19.9 Å². The Balaban J connectivity index is 2.59. The molecule has 0 amide bonds. The lowest BCUT2D eigenvalue weighted by Crippen LogP contribution is -2.23. The molecule has 2 rings (SSSR count). The first-order valence-corrected chi connectivity index (χ1v) is 5.45. The van der Waals surface area contributed by atoms with Crippen LogP contribution in [-0.4, -0.2) is 18.0 Å². The fourth-order valence-electron chi connectivity index (χ4n) is 2.25. The van der Waals surface area contributed by atoms with E-state index in [4.69, 9.17) is 4.74 Å². The number of hydrogen-bond donors (Lipinski definition) is 1. The van der Waals surface area contributed by atoms with Crippen LogP contribution >= 0.6 is 0 Å². The van der Waals surface area contributed by atoms with Crippen LogP contribution in [0.25, 0.3) is 0 Å². The maximum Gasteiger partial charge on any atom is 0.166 e. The zero-order chi connectivity index (χ0) is 11.9. The van der Waals surface area contributed by atoms with E-state index in [2.05, 4.69) is 0 Å². The highest BCUT2D eigenvalue weighted by molar-refractivity contribution is 6.00. The predicted octanol–water partition coefficient (Wildman–Crippen LogP) is 2.26. The molecule has 0 fully saturated rings. The normalized spacial score (nSPS) is 24.1. The lowest BCUT2D eigenvalue weighted by molar-refractivity contribution is 0.0795. The fourth-order valence-corrected chi connectivity index (χ4v) is 2.25. The number of rotatable bonds is 1. The number of carbonyl (C=O) groups is 1. The smallest absolute Gasteiger partial charge is 0.166 e. The Morgan fingerprint density at radius 2 is 2.12 bits per heavy atom. The van der Waals surface area contributed by atoms with E-state index in [1.54, 1.807) is 13.2 Å². The number of aryl methyl sites for hydroxylation is 1. The molecule has 1 aromatic carbocycles. The number of Topliss-reactive ketones (excluding diaryl/α,β-unsaturated/α-hetero) is 1. The number of benzene rings is 1. The van der Waals surface area contributed by atoms with Crippen LogP contribution in [0.5, 0.6) is 5.75 Å². The van der Waals surface area contributed by atoms with Crippen LogP contribution in [0.4, 0.5) is 0 Å². The van der Waals surface area contributed by atoms with Gasteiger partial charge in [-0.15, -0.1) is 0 Å². The Labute approximate surface area is 95.0 Å². The van der Waals surface area contributed by atoms with Crippen LogP contribution in [0.2, 0.25) is 0 Å². The van der Waals surface area contributed by atoms with E-state index >= 15 is 0 Å². The standard InChI is InChI=1S/C13H16O3/c1-7-4-9-10(6-12(7)16-3)13(15)8(2)5-11(9)14/h4,6,8,11,14H,5H2,1-3H3/t8-,11-/m0/s1. The summed E-state index contributed by atoms with van der Waals surface area (Å²) in [5.41, 5.74) is 2.29. The Hall–Kier alpha value is -1.35. The topological polar surface area (TPSA) is 46.5 Å². The summed E-state index contributed by atoms with van der Waals surface area (Å²) < 4.78 is 5.20. The number of fused-ring (bicyclic) bond motifs is 1. The largest absolute Gasteiger partial charge is 0.496 e. The lowest BCUT2D eigenvalue weighted by Gasteiger charge is -2.26. The Morgan fingerprint density at radius 3 is 2.75 bits per heavy atom. The molecule has 86 valence electrons. The van der Waals surface area contributed by atoms with Crippen LogP contribution in [0.3, 0.4) is 0 Å². The lowest BCUT2D eigenvalue weighted by atomic mass is 9.81. The van der Waals surface area contributed by atoms with Crippen molar-refractivity contribution in [2.75, 3.05) is 7.11 Å². The van der Waals surface area contributed by atoms with Gasteiger partial charge in [0.25, 0.3) is 0 Å². The van der Waals surface area contributed by atoms with Crippen molar-refractivity contribution < 1.29 is 14.6 Å². The van der Waals surface area contributed by atoms with Gasteiger partial charge in [0.1, 0.15) is 5.75 Å². The van der Waals surface area contributed by atoms with Crippen molar-refractivity contribution in [2.24, 2.45) is 5.92 Å². The highest BCUT2D eigenvalue weighted by atomic mass is 16.5. The van der Waals surface area contributed by atoms with Gasteiger partial charge in [0, 0.05) is 11.5 Å². The SMILES string of the molecule is COc1cc2c(cc1C)[C@@H](O)C[C@H](C)C2=O. The second-order valence-electron chi connectivity index (χ2n) is 4.43. The van der Waals surface area contributed by atoms with Crippen molar-refractivity contribution in [1.29, 1.82) is 0 Å². The van der Waals surface area contributed by atoms with Gasteiger partial charge in [-0.05, 0) is 36.6 Å². The fraction of sp³-hybridized carbons (Fsp3) is 0.462. The van der Waals surface area contributed by atoms with Crippen molar-refractivity contribution >= 4 is 5.78 Å². The molecule has 0 spiro atoms. The van der Waals surface area contributed by atoms with Crippen LogP contribution in [0.1, 0.15) is 40.9 Å². The van der Waals surface area contributed by atoms with E-state index in [0.29, 0.717) is 17.7 Å². The van der Waals surface area contributed by atoms with Crippen molar-refractivity contribution in [3.63, 3.8) is 0 Å². The molecule has 0 saturated carbocycles. The number of methoxy groups -OCH3 is 1. The number of hydrogen-bond acceptors (Lipinski definition) is 3. The third kappa shape index (κ3) is 1.61. The molecule has 16 heavy (non-hydrogen) atoms. The molecule has 1 aliphatic carbocycles. The number of ketones is 1. The minimum Gasteiger partial charge on any atom is -0.496 e. The minimum absolute atomic E-state index is 0.0959. The number of ether oxygens (including phenoxy) is 1. The monoisotopic (exact) mass is 220 g/mol. The van der Waals surface area contributed by atoms with Crippen molar-refractivity contribution in [3.05, 3.63) is 28.8 Å². The molecule has 0 heterocycles. The van der Waals surface area contributed by atoms with E-state index in [9.17, 15) is 9.90 Å². The molecular formula is C13H16O3. The Bertz CT molecular complexity index is 437. The highest BCUT2D eigenvalue weighted by Gasteiger charge is 2.30. The maximum atomic E-state index is 12.0. The number of aliphatic hydroxyl groups excluding tert-OH is 1. The van der Waals surface area contributed by atoms with Gasteiger partial charge < -0.3 is 9.84 Å². The van der Waals surface area contributed by atoms with E-state index in [0.717, 1.165) is 11.1 Å². The molecule has 3 heteroatoms. The summed E-state index contributed by atoms with van der Waals surface area (Å²) in [6.45, 7) is 3.76. The van der Waals surface area contributed by atoms with Crippen LogP contribution < -0.4 is 4.74 Å². The predicted molar refractivity (Wildman–Crippen MR) is 60.8 cm³/mol. The van der Waals surface area contributed by atoms with Gasteiger partial charge in [0.15, 0.2) is 5.78 Å². The zero-order valence-corrected chi connectivity index (χ0v) is 9.78. The van der Waals surface area contributed by atoms with Gasteiger partial charge in [-0.1, -0.05) is 6.92 Å². The molecule has 0 saturated heterocycles. The molecule has 1 aliphatic rings. The summed E-state index contributed by atoms with van der Waals surface area (Å²) >= 11 is 0. The molecule has 0 bridgehead atoms. The maximum absolute atomic E-state index is 12.0. The molecule has 0 aromatic heterocycles. The quantitative estimate of drug-likeness (QED) is 0.789. The zero-order valence-electron chi connectivity index (χ0n) is 9.78. The van der Waals surface area contributed by atoms with Crippen LogP contribution in [0.15, 0.2) is 12.1 Å². The van der Waals surface area contributed by atoms with E-state index < -0.39 is 6.10 Å². The van der Waals surface area contributed by atoms with E-state index in [1.165, 1.54) is 0 Å². The second-order valence-corrected chi connectivity index (χ2v) is 4.43. The van der Waals surface area contributed by atoms with Crippen molar-refractivity contribution in [2.45, 2.75) is 26.4 Å². The van der Waals surface area contributed by atoms with Gasteiger partial charge >= 0.3 is 0 Å². The van der Waals surface area contributed by atoms with Gasteiger partial charge in [-0.2, -0.15) is 0 Å². The second kappa shape index (κ2) is 3.91. The molecule has 0 aliphatic heterocycles. The van der Waals surface area contributed by atoms with E-state index in [-0.39, 0.29) is 11.7 Å². The van der Waals surface area contributed by atoms with Gasteiger partial charge in [0.2, 0.25) is 0 Å². The molecule has 3 nitrogen and oxygen atoms in total. The number of aliphatic hydroxyl groups is 1. The highest BCUT2D eigenvalue weighted by Crippen LogP contribution is 2.36. The summed E-state index contributed by atoms with van der Waals surface area (Å²) in [6, 6.07) is 3.59. The van der Waals surface area contributed by atoms with Crippen LogP contribution in [0, 0.1) is 12.8 Å². The number of carbonyl (C=O) groups excluding carboxylic acids is 1. The third-order valence-corrected chi connectivity index (χ3v) is 3.22. The Morgan fingerprint density at radius 1 is 1.44 bits per heavy atom. The van der Waals surface area contributed by atoms with Gasteiger partial charge in [0.05, 0.1) is 13.2 Å². The molecule has 1 N–H and O–H groups in total. The van der Waals surface area contributed by atoms with Gasteiger partial charge in [-0.3, -0.25) is 4.79 Å². The average Bonchev–Trinajstić information content (AvgIpc) is 2.25. The molecule has 2 atom stereocenters. The van der Waals surface area contributed by atoms with Crippen molar-refractivity contribution in [1.82, 2.24) is 0 Å². The molecule has 1 aromatic rings. The first-order valence-electron chi connectivity index (χ1n) is 5.45. The van der Waals surface area contributed by atoms with Crippen LogP contribution in [-0.2, 0) is 0 Å². The summed E-state index contributed by atoms with van der Waals surface area (Å²) in [5.74, 6) is 0.682. The van der Waals surface area contributed by atoms with Gasteiger partial charge in [-0.25, -0.2) is 0 Å². The van der Waals surface area contributed by atoms with Crippen molar-refractivity contribution in [3.8, 4) is 5.75 Å². The molecule has 0 radical (unpaired) electrons. The third-order valence-electron chi connectivity index (χ3n) is 3.22. The summed E-state index contributed by atoms with van der Waals surface area (Å²) in [4.78, 5) is 12.0. The average molecular weight is 220 g/mol. The summed E-state index contributed by atoms with van der Waals surface area (Å²) in [6.07, 6.45) is -0.0234. The Kier molecular flexibility index (Phi) is 2.72. The summed E-state index contributed by atoms with van der Waals surface area (Å²) in [5, 5.41) is 9.94. The molecular weight excluding hydrogens is 204 g/mol. The molecule has 0 unspecified atom stereocenters.